The molecule has 0 saturated carbocycles. The Balaban J connectivity index is 2.15. The van der Waals surface area contributed by atoms with Gasteiger partial charge in [-0.05, 0) is 47.9 Å². The monoisotopic (exact) mass is 264 g/mol. The first kappa shape index (κ1) is 13.1. The van der Waals surface area contributed by atoms with Crippen molar-refractivity contribution < 1.29 is 9.50 Å². The van der Waals surface area contributed by atoms with Gasteiger partial charge in [0, 0.05) is 11.4 Å². The van der Waals surface area contributed by atoms with Gasteiger partial charge in [0.05, 0.1) is 6.10 Å². The minimum atomic E-state index is -0.605. The van der Waals surface area contributed by atoms with E-state index in [1.165, 1.54) is 12.1 Å². The summed E-state index contributed by atoms with van der Waals surface area (Å²) in [5, 5.41) is 10.8. The number of aryl methyl sites for hydroxylation is 1. The van der Waals surface area contributed by atoms with E-state index in [1.807, 2.05) is 6.92 Å². The summed E-state index contributed by atoms with van der Waals surface area (Å²) in [6, 6.07) is 11.7. The van der Waals surface area contributed by atoms with Crippen LogP contribution < -0.4 is 0 Å². The molecule has 2 aromatic carbocycles. The van der Waals surface area contributed by atoms with Crippen molar-refractivity contribution in [2.24, 2.45) is 0 Å². The highest BCUT2D eigenvalue weighted by Gasteiger charge is 2.10. The highest BCUT2D eigenvalue weighted by molar-refractivity contribution is 6.30. The second-order valence-corrected chi connectivity index (χ2v) is 4.78. The number of aliphatic hydroxyl groups is 1. The Morgan fingerprint density at radius 1 is 1.17 bits per heavy atom. The van der Waals surface area contributed by atoms with Crippen LogP contribution in [0, 0.1) is 12.7 Å². The van der Waals surface area contributed by atoms with Crippen molar-refractivity contribution >= 4 is 11.6 Å². The molecule has 0 saturated heterocycles. The van der Waals surface area contributed by atoms with Crippen LogP contribution in [0.1, 0.15) is 22.8 Å². The van der Waals surface area contributed by atoms with Gasteiger partial charge in [-0.1, -0.05) is 29.8 Å². The van der Waals surface area contributed by atoms with Gasteiger partial charge in [-0.3, -0.25) is 0 Å². The second-order valence-electron chi connectivity index (χ2n) is 4.34. The minimum absolute atomic E-state index is 0.253. The van der Waals surface area contributed by atoms with Crippen molar-refractivity contribution in [3.8, 4) is 0 Å². The Kier molecular flexibility index (Phi) is 4.00. The summed E-state index contributed by atoms with van der Waals surface area (Å²) >= 11 is 5.80. The van der Waals surface area contributed by atoms with Crippen molar-refractivity contribution in [1.82, 2.24) is 0 Å². The molecule has 0 aromatic heterocycles. The van der Waals surface area contributed by atoms with E-state index in [-0.39, 0.29) is 5.82 Å². The van der Waals surface area contributed by atoms with Gasteiger partial charge in [0.1, 0.15) is 5.82 Å². The third kappa shape index (κ3) is 3.09. The van der Waals surface area contributed by atoms with E-state index in [4.69, 9.17) is 11.6 Å². The van der Waals surface area contributed by atoms with E-state index in [0.717, 1.165) is 16.7 Å². The van der Waals surface area contributed by atoms with Crippen LogP contribution in [0.2, 0.25) is 5.02 Å². The molecule has 0 fully saturated rings. The lowest BCUT2D eigenvalue weighted by atomic mass is 9.98. The molecule has 0 heterocycles. The van der Waals surface area contributed by atoms with E-state index in [2.05, 4.69) is 0 Å². The number of hydrogen-bond donors (Lipinski definition) is 1. The van der Waals surface area contributed by atoms with Crippen LogP contribution in [0.15, 0.2) is 42.5 Å². The van der Waals surface area contributed by atoms with Crippen molar-refractivity contribution in [2.45, 2.75) is 19.4 Å². The van der Waals surface area contributed by atoms with Gasteiger partial charge in [0.15, 0.2) is 0 Å². The molecule has 0 bridgehead atoms. The van der Waals surface area contributed by atoms with Crippen LogP contribution in [-0.2, 0) is 6.42 Å². The summed E-state index contributed by atoms with van der Waals surface area (Å²) in [7, 11) is 0. The first-order valence-corrected chi connectivity index (χ1v) is 6.12. The summed E-state index contributed by atoms with van der Waals surface area (Å²) in [5.41, 5.74) is 2.60. The van der Waals surface area contributed by atoms with E-state index < -0.39 is 6.10 Å². The Bertz CT molecular complexity index is 537. The van der Waals surface area contributed by atoms with E-state index >= 15 is 0 Å². The van der Waals surface area contributed by atoms with Gasteiger partial charge in [0.2, 0.25) is 0 Å². The van der Waals surface area contributed by atoms with Gasteiger partial charge in [-0.15, -0.1) is 0 Å². The van der Waals surface area contributed by atoms with Crippen LogP contribution in [0.5, 0.6) is 0 Å². The number of hydrogen-bond acceptors (Lipinski definition) is 1. The van der Waals surface area contributed by atoms with Gasteiger partial charge in [-0.25, -0.2) is 4.39 Å². The lowest BCUT2D eigenvalue weighted by molar-refractivity contribution is 0.178. The largest absolute Gasteiger partial charge is 0.388 e. The van der Waals surface area contributed by atoms with Crippen molar-refractivity contribution in [3.63, 3.8) is 0 Å². The number of aliphatic hydroxyl groups excluding tert-OH is 1. The molecule has 1 unspecified atom stereocenters. The van der Waals surface area contributed by atoms with Crippen LogP contribution in [0.4, 0.5) is 4.39 Å². The third-order valence-corrected chi connectivity index (χ3v) is 3.22. The molecule has 2 rings (SSSR count). The minimum Gasteiger partial charge on any atom is -0.388 e. The van der Waals surface area contributed by atoms with Gasteiger partial charge in [0.25, 0.3) is 0 Å². The predicted octanol–water partition coefficient (Wildman–Crippen LogP) is 4.06. The second kappa shape index (κ2) is 5.51. The van der Waals surface area contributed by atoms with Gasteiger partial charge < -0.3 is 5.11 Å². The van der Waals surface area contributed by atoms with E-state index in [0.29, 0.717) is 11.4 Å². The third-order valence-electron chi connectivity index (χ3n) is 2.97. The molecule has 0 aliphatic rings. The lowest BCUT2D eigenvalue weighted by Crippen LogP contribution is -2.03. The van der Waals surface area contributed by atoms with Gasteiger partial charge in [-0.2, -0.15) is 0 Å². The maximum atomic E-state index is 13.0. The zero-order valence-corrected chi connectivity index (χ0v) is 10.8. The number of halogens is 2. The zero-order chi connectivity index (χ0) is 13.1. The highest BCUT2D eigenvalue weighted by Crippen LogP contribution is 2.22. The summed E-state index contributed by atoms with van der Waals surface area (Å²) < 4.78 is 13.0. The molecule has 0 radical (unpaired) electrons. The van der Waals surface area contributed by atoms with Crippen molar-refractivity contribution in [3.05, 3.63) is 70.0 Å². The van der Waals surface area contributed by atoms with E-state index in [9.17, 15) is 9.50 Å². The quantitative estimate of drug-likeness (QED) is 0.886. The zero-order valence-electron chi connectivity index (χ0n) is 10.0. The summed E-state index contributed by atoms with van der Waals surface area (Å²) in [5.74, 6) is -0.253. The maximum Gasteiger partial charge on any atom is 0.123 e. The molecule has 0 aliphatic heterocycles. The molecule has 0 aliphatic carbocycles. The fraction of sp³-hybridized carbons (Fsp3) is 0.200. The average molecular weight is 265 g/mol. The fourth-order valence-electron chi connectivity index (χ4n) is 1.90. The molecule has 0 spiro atoms. The fourth-order valence-corrected chi connectivity index (χ4v) is 2.03. The molecule has 0 amide bonds. The molecular formula is C15H14ClFO. The first-order valence-electron chi connectivity index (χ1n) is 5.75. The Labute approximate surface area is 111 Å². The predicted molar refractivity (Wildman–Crippen MR) is 71.3 cm³/mol. The highest BCUT2D eigenvalue weighted by atomic mass is 35.5. The average Bonchev–Trinajstić information content (AvgIpc) is 2.33. The number of benzene rings is 2. The maximum absolute atomic E-state index is 13.0. The molecule has 1 N–H and O–H groups in total. The molecule has 1 nitrogen and oxygen atoms in total. The van der Waals surface area contributed by atoms with Crippen molar-refractivity contribution in [2.75, 3.05) is 0 Å². The summed E-state index contributed by atoms with van der Waals surface area (Å²) in [6.45, 7) is 1.84. The number of rotatable bonds is 3. The van der Waals surface area contributed by atoms with Crippen LogP contribution >= 0.6 is 11.6 Å². The molecular weight excluding hydrogens is 251 g/mol. The molecule has 1 atom stereocenters. The van der Waals surface area contributed by atoms with E-state index in [1.54, 1.807) is 30.3 Å². The van der Waals surface area contributed by atoms with Crippen LogP contribution in [0.25, 0.3) is 0 Å². The standard InChI is InChI=1S/C15H14ClFO/c1-10-8-14(17)7-4-12(10)9-15(18)11-2-5-13(16)6-3-11/h2-8,15,18H,9H2,1H3. The van der Waals surface area contributed by atoms with Crippen LogP contribution in [-0.4, -0.2) is 5.11 Å². The summed E-state index contributed by atoms with van der Waals surface area (Å²) in [6.07, 6.45) is -0.139. The lowest BCUT2D eigenvalue weighted by Gasteiger charge is -2.13. The van der Waals surface area contributed by atoms with Crippen molar-refractivity contribution in [1.29, 1.82) is 0 Å². The normalized spacial score (nSPS) is 12.4. The molecule has 3 heteroatoms. The molecule has 2 aromatic rings. The molecule has 94 valence electrons. The Hall–Kier alpha value is -1.38. The first-order chi connectivity index (χ1) is 8.56. The van der Waals surface area contributed by atoms with Crippen LogP contribution in [0.3, 0.4) is 0 Å². The smallest absolute Gasteiger partial charge is 0.123 e. The topological polar surface area (TPSA) is 20.2 Å². The SMILES string of the molecule is Cc1cc(F)ccc1CC(O)c1ccc(Cl)cc1. The molecule has 18 heavy (non-hydrogen) atoms. The Morgan fingerprint density at radius 2 is 1.83 bits per heavy atom. The van der Waals surface area contributed by atoms with Gasteiger partial charge >= 0.3 is 0 Å². The Morgan fingerprint density at radius 3 is 2.44 bits per heavy atom. The summed E-state index contributed by atoms with van der Waals surface area (Å²) in [4.78, 5) is 0.